The van der Waals surface area contributed by atoms with Crippen LogP contribution in [0.1, 0.15) is 38.2 Å². The van der Waals surface area contributed by atoms with Gasteiger partial charge in [-0.2, -0.15) is 10.1 Å². The first kappa shape index (κ1) is 34.1. The molecule has 1 saturated heterocycles. The summed E-state index contributed by atoms with van der Waals surface area (Å²) in [6.45, 7) is 3.77. The summed E-state index contributed by atoms with van der Waals surface area (Å²) in [5.41, 5.74) is 3.89. The highest BCUT2D eigenvalue weighted by Gasteiger charge is 2.24. The van der Waals surface area contributed by atoms with Crippen molar-refractivity contribution >= 4 is 51.1 Å². The first-order valence-electron chi connectivity index (χ1n) is 15.9. The third-order valence-electron chi connectivity index (χ3n) is 8.12. The lowest BCUT2D eigenvalue weighted by Gasteiger charge is -2.28. The van der Waals surface area contributed by atoms with Gasteiger partial charge in [-0.15, -0.1) is 0 Å². The number of aryl methyl sites for hydroxylation is 1. The molecule has 0 aliphatic carbocycles. The molecule has 1 unspecified atom stereocenters. The summed E-state index contributed by atoms with van der Waals surface area (Å²) in [6, 6.07) is 17.7. The molecule has 1 fully saturated rings. The molecule has 0 bridgehead atoms. The number of urea groups is 1. The van der Waals surface area contributed by atoms with E-state index in [0.717, 1.165) is 48.1 Å². The van der Waals surface area contributed by atoms with Crippen molar-refractivity contribution in [2.75, 3.05) is 40.9 Å². The van der Waals surface area contributed by atoms with E-state index >= 15 is 0 Å². The summed E-state index contributed by atoms with van der Waals surface area (Å²) >= 11 is 6.38. The maximum Gasteiger partial charge on any atom is 0.322 e. The molecule has 2 amide bonds. The van der Waals surface area contributed by atoms with Gasteiger partial charge >= 0.3 is 6.03 Å². The molecule has 4 aromatic rings. The normalized spacial score (nSPS) is 15.1. The number of halogens is 1. The van der Waals surface area contributed by atoms with Crippen LogP contribution in [0.4, 0.5) is 22.2 Å². The lowest BCUT2D eigenvalue weighted by atomic mass is 9.99. The number of rotatable bonds is 13. The molecule has 11 nitrogen and oxygen atoms in total. The second-order valence-electron chi connectivity index (χ2n) is 11.7. The van der Waals surface area contributed by atoms with Crippen LogP contribution in [0.2, 0.25) is 5.02 Å². The van der Waals surface area contributed by atoms with Gasteiger partial charge in [-0.25, -0.2) is 23.2 Å². The summed E-state index contributed by atoms with van der Waals surface area (Å²) in [4.78, 5) is 30.6. The lowest BCUT2D eigenvalue weighted by Crippen LogP contribution is -2.40. The third-order valence-corrected chi connectivity index (χ3v) is 10.00. The molecular weight excluding hydrogens is 636 g/mol. The number of carbonyl (C=O) groups excluding carboxylic acids is 1. The number of nitrogens with one attached hydrogen (secondary N) is 1. The summed E-state index contributed by atoms with van der Waals surface area (Å²) in [7, 11) is -1.14. The fourth-order valence-electron chi connectivity index (χ4n) is 5.53. The number of hydrogen-bond donors (Lipinski definition) is 1. The Hall–Kier alpha value is -4.29. The van der Waals surface area contributed by atoms with E-state index in [9.17, 15) is 13.2 Å². The van der Waals surface area contributed by atoms with E-state index in [-0.39, 0.29) is 29.4 Å². The number of aromatic nitrogens is 4. The molecule has 2 aromatic carbocycles. The van der Waals surface area contributed by atoms with Crippen LogP contribution in [0.3, 0.4) is 0 Å². The number of aliphatic imine (C=N–C) groups is 1. The summed E-state index contributed by atoms with van der Waals surface area (Å²) in [5.74, 6) is 1.09. The van der Waals surface area contributed by atoms with Gasteiger partial charge in [0.1, 0.15) is 5.02 Å². The minimum atomic E-state index is -3.03. The zero-order valence-corrected chi connectivity index (χ0v) is 28.4. The van der Waals surface area contributed by atoms with E-state index in [2.05, 4.69) is 32.3 Å². The van der Waals surface area contributed by atoms with Crippen molar-refractivity contribution in [3.05, 3.63) is 83.8 Å². The lowest BCUT2D eigenvalue weighted by molar-refractivity contribution is 0.245. The minimum absolute atomic E-state index is 0.0699. The molecule has 47 heavy (non-hydrogen) atoms. The molecule has 0 radical (unpaired) electrons. The second-order valence-corrected chi connectivity index (χ2v) is 14.4. The predicted octanol–water partition coefficient (Wildman–Crippen LogP) is 6.08. The largest absolute Gasteiger partial charge is 0.353 e. The van der Waals surface area contributed by atoms with Gasteiger partial charge in [0, 0.05) is 56.9 Å². The van der Waals surface area contributed by atoms with Crippen molar-refractivity contribution in [1.82, 2.24) is 25.1 Å². The summed E-state index contributed by atoms with van der Waals surface area (Å²) in [5, 5.41) is 7.72. The van der Waals surface area contributed by atoms with Gasteiger partial charge in [-0.3, -0.25) is 9.58 Å². The Morgan fingerprint density at radius 3 is 2.49 bits per heavy atom. The van der Waals surface area contributed by atoms with E-state index in [0.29, 0.717) is 37.0 Å². The highest BCUT2D eigenvalue weighted by Crippen LogP contribution is 2.27. The van der Waals surface area contributed by atoms with E-state index < -0.39 is 9.84 Å². The SMILES string of the molecule is CCCC(C=Nc1ncc(Cl)c(N2CCS(=O)(=O)CC2)n1)CCCN(C(=O)NCc1ccccc1)c1ccc(-c2cnn(C)c2)cc1. The zero-order valence-electron chi connectivity index (χ0n) is 26.8. The molecule has 1 N–H and O–H groups in total. The van der Waals surface area contributed by atoms with Gasteiger partial charge in [0.05, 0.1) is 23.9 Å². The van der Waals surface area contributed by atoms with Crippen molar-refractivity contribution in [3.8, 4) is 11.1 Å². The van der Waals surface area contributed by atoms with Gasteiger partial charge in [0.25, 0.3) is 5.95 Å². The number of benzene rings is 2. The predicted molar refractivity (Wildman–Crippen MR) is 188 cm³/mol. The molecule has 3 heterocycles. The first-order valence-corrected chi connectivity index (χ1v) is 18.1. The number of hydrogen-bond acceptors (Lipinski definition) is 8. The van der Waals surface area contributed by atoms with Crippen molar-refractivity contribution in [2.24, 2.45) is 18.0 Å². The van der Waals surface area contributed by atoms with Crippen LogP contribution in [0.15, 0.2) is 78.2 Å². The smallest absolute Gasteiger partial charge is 0.322 e. The maximum atomic E-state index is 13.5. The van der Waals surface area contributed by atoms with E-state index in [1.807, 2.05) is 85.2 Å². The molecule has 5 rings (SSSR count). The molecule has 2 aromatic heterocycles. The van der Waals surface area contributed by atoms with E-state index in [4.69, 9.17) is 11.6 Å². The molecule has 1 aliphatic heterocycles. The average Bonchev–Trinajstić information content (AvgIpc) is 3.52. The van der Waals surface area contributed by atoms with Crippen LogP contribution in [0, 0.1) is 5.92 Å². The standard InChI is InChI=1S/C34H41ClN8O3S/c1-3-8-26(21-36-33-37-24-31(35)32(40-33)42-17-19-47(45,46)20-18-42)11-7-16-43(34(44)38-22-27-9-5-4-6-10-27)30-14-12-28(13-15-30)29-23-39-41(2)25-29/h4-6,9-10,12-15,21,23-26H,3,7-8,11,16-20,22H2,1-2H3,(H,38,44). The topological polar surface area (TPSA) is 126 Å². The summed E-state index contributed by atoms with van der Waals surface area (Å²) in [6.07, 6.45) is 10.7. The number of amides is 2. The molecular formula is C34H41ClN8O3S. The molecule has 1 atom stereocenters. The number of anilines is 2. The minimum Gasteiger partial charge on any atom is -0.353 e. The van der Waals surface area contributed by atoms with Gasteiger partial charge in [0.15, 0.2) is 15.7 Å². The maximum absolute atomic E-state index is 13.5. The Balaban J connectivity index is 1.25. The van der Waals surface area contributed by atoms with Crippen LogP contribution in [-0.2, 0) is 23.4 Å². The average molecular weight is 677 g/mol. The Morgan fingerprint density at radius 2 is 1.81 bits per heavy atom. The Morgan fingerprint density at radius 1 is 1.06 bits per heavy atom. The van der Waals surface area contributed by atoms with Crippen LogP contribution in [0.25, 0.3) is 11.1 Å². The molecule has 248 valence electrons. The summed E-state index contributed by atoms with van der Waals surface area (Å²) < 4.78 is 25.5. The van der Waals surface area contributed by atoms with Crippen LogP contribution in [-0.4, -0.2) is 71.6 Å². The van der Waals surface area contributed by atoms with Gasteiger partial charge in [0.2, 0.25) is 0 Å². The monoisotopic (exact) mass is 676 g/mol. The zero-order chi connectivity index (χ0) is 33.2. The quantitative estimate of drug-likeness (QED) is 0.170. The number of nitrogens with zero attached hydrogens (tertiary/aromatic N) is 7. The molecule has 0 saturated carbocycles. The van der Waals surface area contributed by atoms with Crippen molar-refractivity contribution in [1.29, 1.82) is 0 Å². The van der Waals surface area contributed by atoms with E-state index in [1.54, 1.807) is 9.58 Å². The van der Waals surface area contributed by atoms with Gasteiger partial charge in [-0.05, 0) is 48.4 Å². The third kappa shape index (κ3) is 9.61. The first-order chi connectivity index (χ1) is 22.7. The number of carbonyl (C=O) groups is 1. The van der Waals surface area contributed by atoms with Gasteiger partial charge in [-0.1, -0.05) is 67.4 Å². The van der Waals surface area contributed by atoms with Crippen molar-refractivity contribution in [2.45, 2.75) is 39.2 Å². The van der Waals surface area contributed by atoms with Crippen LogP contribution < -0.4 is 15.1 Å². The van der Waals surface area contributed by atoms with Crippen LogP contribution in [0.5, 0.6) is 0 Å². The Kier molecular flexibility index (Phi) is 11.6. The fourth-order valence-corrected chi connectivity index (χ4v) is 6.94. The number of sulfone groups is 1. The molecule has 1 aliphatic rings. The van der Waals surface area contributed by atoms with Crippen molar-refractivity contribution in [3.63, 3.8) is 0 Å². The van der Waals surface area contributed by atoms with Crippen molar-refractivity contribution < 1.29 is 13.2 Å². The fraction of sp³-hybridized carbons (Fsp3) is 0.382. The second kappa shape index (κ2) is 16.0. The van der Waals surface area contributed by atoms with Crippen LogP contribution >= 0.6 is 11.6 Å². The molecule has 0 spiro atoms. The Labute approximate surface area is 281 Å². The molecule has 13 heteroatoms. The highest BCUT2D eigenvalue weighted by molar-refractivity contribution is 7.91. The van der Waals surface area contributed by atoms with Gasteiger partial charge < -0.3 is 10.2 Å². The highest BCUT2D eigenvalue weighted by atomic mass is 35.5. The van der Waals surface area contributed by atoms with E-state index in [1.165, 1.54) is 6.20 Å². The Bertz CT molecular complexity index is 1750.